The summed E-state index contributed by atoms with van der Waals surface area (Å²) in [5.41, 5.74) is 1.52. The molecule has 0 spiro atoms. The maximum Gasteiger partial charge on any atom is 0.416 e. The number of carbonyl (C=O) groups excluding carboxylic acids is 2. The maximum atomic E-state index is 13.1. The van der Waals surface area contributed by atoms with Crippen LogP contribution in [0.2, 0.25) is 0 Å². The monoisotopic (exact) mass is 452 g/mol. The first-order valence-electron chi connectivity index (χ1n) is 10.1. The van der Waals surface area contributed by atoms with Gasteiger partial charge in [-0.1, -0.05) is 30.3 Å². The van der Waals surface area contributed by atoms with E-state index in [1.807, 2.05) is 12.1 Å². The van der Waals surface area contributed by atoms with Gasteiger partial charge in [0.1, 0.15) is 5.69 Å². The Kier molecular flexibility index (Phi) is 5.76. The predicted octanol–water partition coefficient (Wildman–Crippen LogP) is 5.70. The molecule has 0 N–H and O–H groups in total. The molecule has 0 saturated heterocycles. The van der Waals surface area contributed by atoms with Crippen molar-refractivity contribution in [3.05, 3.63) is 94.9 Å². The standard InChI is InChI=1S/C25H19F3N2O3/c1-15-12-20(16(2)30(15)19-8-5-7-18(13-19)25(26,27)28)23(31)14-33-24(32)22-11-10-17-6-3-4-9-21(17)29-22/h3-13H,14H2,1-2H3. The number of carbonyl (C=O) groups is 2. The minimum atomic E-state index is -4.48. The summed E-state index contributed by atoms with van der Waals surface area (Å²) in [7, 11) is 0. The fraction of sp³-hybridized carbons (Fsp3) is 0.160. The number of ketones is 1. The van der Waals surface area contributed by atoms with E-state index in [1.165, 1.54) is 18.2 Å². The van der Waals surface area contributed by atoms with Crippen LogP contribution in [0.5, 0.6) is 0 Å². The van der Waals surface area contributed by atoms with Gasteiger partial charge in [0.15, 0.2) is 6.61 Å². The van der Waals surface area contributed by atoms with Crippen LogP contribution in [0.15, 0.2) is 66.7 Å². The summed E-state index contributed by atoms with van der Waals surface area (Å²) >= 11 is 0. The van der Waals surface area contributed by atoms with E-state index in [2.05, 4.69) is 4.98 Å². The number of aromatic nitrogens is 2. The molecule has 33 heavy (non-hydrogen) atoms. The summed E-state index contributed by atoms with van der Waals surface area (Å²) in [4.78, 5) is 29.4. The summed E-state index contributed by atoms with van der Waals surface area (Å²) in [5, 5.41) is 0.868. The highest BCUT2D eigenvalue weighted by molar-refractivity contribution is 6.00. The number of rotatable bonds is 5. The van der Waals surface area contributed by atoms with Gasteiger partial charge < -0.3 is 9.30 Å². The number of benzene rings is 2. The maximum absolute atomic E-state index is 13.1. The van der Waals surface area contributed by atoms with Gasteiger partial charge in [-0.3, -0.25) is 4.79 Å². The topological polar surface area (TPSA) is 61.2 Å². The number of nitrogens with zero attached hydrogens (tertiary/aromatic N) is 2. The highest BCUT2D eigenvalue weighted by Crippen LogP contribution is 2.31. The number of alkyl halides is 3. The first kappa shape index (κ1) is 22.3. The van der Waals surface area contributed by atoms with Gasteiger partial charge in [0.2, 0.25) is 5.78 Å². The second kappa shape index (κ2) is 8.54. The van der Waals surface area contributed by atoms with E-state index < -0.39 is 30.1 Å². The lowest BCUT2D eigenvalue weighted by atomic mass is 10.1. The Hall–Kier alpha value is -3.94. The molecule has 0 saturated carbocycles. The van der Waals surface area contributed by atoms with Crippen molar-refractivity contribution in [1.82, 2.24) is 9.55 Å². The van der Waals surface area contributed by atoms with Gasteiger partial charge in [-0.05, 0) is 50.2 Å². The van der Waals surface area contributed by atoms with Crippen LogP contribution in [0.4, 0.5) is 13.2 Å². The third-order valence-electron chi connectivity index (χ3n) is 5.31. The summed E-state index contributed by atoms with van der Waals surface area (Å²) < 4.78 is 46.0. The zero-order valence-corrected chi connectivity index (χ0v) is 17.8. The zero-order valence-electron chi connectivity index (χ0n) is 17.8. The molecule has 2 aromatic heterocycles. The van der Waals surface area contributed by atoms with Crippen LogP contribution in [0.1, 0.15) is 37.8 Å². The van der Waals surface area contributed by atoms with Gasteiger partial charge in [-0.2, -0.15) is 13.2 Å². The molecule has 0 radical (unpaired) electrons. The zero-order chi connectivity index (χ0) is 23.8. The molecule has 8 heteroatoms. The van der Waals surface area contributed by atoms with Gasteiger partial charge in [0.05, 0.1) is 11.1 Å². The van der Waals surface area contributed by atoms with Crippen LogP contribution >= 0.6 is 0 Å². The van der Waals surface area contributed by atoms with Crippen molar-refractivity contribution < 1.29 is 27.5 Å². The molecule has 4 aromatic rings. The largest absolute Gasteiger partial charge is 0.453 e. The van der Waals surface area contributed by atoms with Crippen molar-refractivity contribution in [3.63, 3.8) is 0 Å². The van der Waals surface area contributed by atoms with Gasteiger partial charge in [0, 0.05) is 28.0 Å². The molecule has 2 aromatic carbocycles. The van der Waals surface area contributed by atoms with E-state index in [0.717, 1.165) is 17.5 Å². The Morgan fingerprint density at radius 3 is 2.48 bits per heavy atom. The van der Waals surface area contributed by atoms with E-state index in [4.69, 9.17) is 4.74 Å². The molecule has 0 aliphatic rings. The number of fused-ring (bicyclic) bond motifs is 1. The fourth-order valence-corrected chi connectivity index (χ4v) is 3.73. The van der Waals surface area contributed by atoms with Crippen molar-refractivity contribution in [3.8, 4) is 5.69 Å². The summed E-state index contributed by atoms with van der Waals surface area (Å²) in [5.74, 6) is -1.20. The molecule has 2 heterocycles. The summed E-state index contributed by atoms with van der Waals surface area (Å²) in [6.45, 7) is 2.81. The second-order valence-corrected chi connectivity index (χ2v) is 7.56. The molecule has 4 rings (SSSR count). The highest BCUT2D eigenvalue weighted by Gasteiger charge is 2.31. The number of Topliss-reactive ketones (excluding diaryl/α,β-unsaturated/α-hetero) is 1. The Bertz CT molecular complexity index is 1370. The lowest BCUT2D eigenvalue weighted by Crippen LogP contribution is -2.16. The number of esters is 1. The van der Waals surface area contributed by atoms with Crippen molar-refractivity contribution in [2.24, 2.45) is 0 Å². The van der Waals surface area contributed by atoms with E-state index in [9.17, 15) is 22.8 Å². The number of para-hydroxylation sites is 1. The van der Waals surface area contributed by atoms with Crippen LogP contribution in [0.3, 0.4) is 0 Å². The third-order valence-corrected chi connectivity index (χ3v) is 5.31. The van der Waals surface area contributed by atoms with Gasteiger partial charge >= 0.3 is 12.1 Å². The van der Waals surface area contributed by atoms with Crippen molar-refractivity contribution in [2.75, 3.05) is 6.61 Å². The van der Waals surface area contributed by atoms with E-state index in [0.29, 0.717) is 16.9 Å². The number of hydrogen-bond acceptors (Lipinski definition) is 4. The number of aryl methyl sites for hydroxylation is 1. The number of pyridine rings is 1. The van der Waals surface area contributed by atoms with Gasteiger partial charge in [-0.15, -0.1) is 0 Å². The SMILES string of the molecule is Cc1cc(C(=O)COC(=O)c2ccc3ccccc3n2)c(C)n1-c1cccc(C(F)(F)F)c1. The first-order valence-corrected chi connectivity index (χ1v) is 10.1. The number of ether oxygens (including phenoxy) is 1. The van der Waals surface area contributed by atoms with Crippen molar-refractivity contribution in [2.45, 2.75) is 20.0 Å². The number of halogens is 3. The smallest absolute Gasteiger partial charge is 0.416 e. The highest BCUT2D eigenvalue weighted by atomic mass is 19.4. The normalized spacial score (nSPS) is 11.5. The van der Waals surface area contributed by atoms with Crippen LogP contribution in [-0.2, 0) is 10.9 Å². The average molecular weight is 452 g/mol. The van der Waals surface area contributed by atoms with Crippen LogP contribution in [0.25, 0.3) is 16.6 Å². The third kappa shape index (κ3) is 4.50. The molecule has 0 aliphatic heterocycles. The quantitative estimate of drug-likeness (QED) is 0.288. The molecule has 0 amide bonds. The van der Waals surface area contributed by atoms with Crippen LogP contribution in [0, 0.1) is 13.8 Å². The molecule has 0 aliphatic carbocycles. The molecular weight excluding hydrogens is 433 g/mol. The minimum absolute atomic E-state index is 0.0796. The molecule has 0 atom stereocenters. The minimum Gasteiger partial charge on any atom is -0.453 e. The summed E-state index contributed by atoms with van der Waals surface area (Å²) in [6, 6.07) is 17.0. The molecule has 0 fully saturated rings. The first-order chi connectivity index (χ1) is 15.6. The van der Waals surface area contributed by atoms with Gasteiger partial charge in [0.25, 0.3) is 0 Å². The lowest BCUT2D eigenvalue weighted by molar-refractivity contribution is -0.137. The van der Waals surface area contributed by atoms with Crippen molar-refractivity contribution in [1.29, 1.82) is 0 Å². The fourth-order valence-electron chi connectivity index (χ4n) is 3.73. The molecule has 0 unspecified atom stereocenters. The Morgan fingerprint density at radius 2 is 1.73 bits per heavy atom. The summed E-state index contributed by atoms with van der Waals surface area (Å²) in [6.07, 6.45) is -4.48. The van der Waals surface area contributed by atoms with Crippen molar-refractivity contribution >= 4 is 22.7 Å². The average Bonchev–Trinajstić information content (AvgIpc) is 3.10. The second-order valence-electron chi connectivity index (χ2n) is 7.56. The van der Waals surface area contributed by atoms with E-state index in [-0.39, 0.29) is 16.9 Å². The van der Waals surface area contributed by atoms with E-state index >= 15 is 0 Å². The molecule has 0 bridgehead atoms. The molecule has 168 valence electrons. The molecular formula is C25H19F3N2O3. The van der Waals surface area contributed by atoms with Crippen LogP contribution < -0.4 is 0 Å². The molecule has 5 nitrogen and oxygen atoms in total. The van der Waals surface area contributed by atoms with Crippen LogP contribution in [-0.4, -0.2) is 27.9 Å². The van der Waals surface area contributed by atoms with Gasteiger partial charge in [-0.25, -0.2) is 9.78 Å². The predicted molar refractivity (Wildman–Crippen MR) is 117 cm³/mol. The lowest BCUT2D eigenvalue weighted by Gasteiger charge is -2.13. The Morgan fingerprint density at radius 1 is 0.970 bits per heavy atom. The number of hydrogen-bond donors (Lipinski definition) is 0. The Labute approximate surface area is 187 Å². The Balaban J connectivity index is 1.53. The van der Waals surface area contributed by atoms with E-state index in [1.54, 1.807) is 42.7 Å².